The molecule has 234 valence electrons. The zero-order chi connectivity index (χ0) is 30.9. The Morgan fingerprint density at radius 1 is 0.795 bits per heavy atom. The number of unbranched alkanes of at least 4 members (excludes halogenated alkanes) is 1. The van der Waals surface area contributed by atoms with Crippen LogP contribution < -0.4 is 26.6 Å². The molecule has 2 amide bonds. The number of aromatic nitrogens is 2. The van der Waals surface area contributed by atoms with Crippen molar-refractivity contribution in [1.29, 1.82) is 0 Å². The predicted molar refractivity (Wildman–Crippen MR) is 170 cm³/mol. The average molecular weight is 601 g/mol. The molecule has 2 aromatic carbocycles. The van der Waals surface area contributed by atoms with Crippen LogP contribution in [-0.4, -0.2) is 40.1 Å². The van der Waals surface area contributed by atoms with Crippen LogP contribution in [0.2, 0.25) is 0 Å². The highest BCUT2D eigenvalue weighted by molar-refractivity contribution is 5.95. The van der Waals surface area contributed by atoms with Gasteiger partial charge in [0.1, 0.15) is 6.54 Å². The van der Waals surface area contributed by atoms with Crippen molar-refractivity contribution in [3.05, 3.63) is 98.3 Å². The number of H-pyrrole nitrogens is 1. The standard InChI is InChI=1S/C35H44N4O5/c1-2-3-22-44-32-31(33(41)37-29-20-16-27(17-21-29)25-12-8-5-9-13-25)38-35(43)39(34(32)42)23-30(40)36-28-18-14-26(15-19-28)24-10-6-4-7-11-24/h4-13,26-29H,2-3,14-23H2,1H3,(H,36,40)(H,37,41)(H,38,43). The summed E-state index contributed by atoms with van der Waals surface area (Å²) in [6.45, 7) is 1.77. The molecule has 5 rings (SSSR count). The summed E-state index contributed by atoms with van der Waals surface area (Å²) < 4.78 is 6.61. The third kappa shape index (κ3) is 7.87. The fourth-order valence-corrected chi connectivity index (χ4v) is 6.58. The maximum atomic E-state index is 13.5. The summed E-state index contributed by atoms with van der Waals surface area (Å²) in [7, 11) is 0. The predicted octanol–water partition coefficient (Wildman–Crippen LogP) is 5.01. The molecule has 0 bridgehead atoms. The van der Waals surface area contributed by atoms with Gasteiger partial charge in [-0.3, -0.25) is 19.4 Å². The van der Waals surface area contributed by atoms with E-state index in [9.17, 15) is 19.2 Å². The molecule has 0 unspecified atom stereocenters. The van der Waals surface area contributed by atoms with Gasteiger partial charge in [-0.25, -0.2) is 9.36 Å². The van der Waals surface area contributed by atoms with Crippen molar-refractivity contribution in [1.82, 2.24) is 20.2 Å². The molecule has 3 aromatic rings. The minimum atomic E-state index is -0.807. The molecule has 0 saturated heterocycles. The highest BCUT2D eigenvalue weighted by Crippen LogP contribution is 2.33. The minimum absolute atomic E-state index is 0.0143. The molecular weight excluding hydrogens is 556 g/mol. The van der Waals surface area contributed by atoms with Crippen LogP contribution in [0.5, 0.6) is 5.75 Å². The van der Waals surface area contributed by atoms with Gasteiger partial charge in [-0.2, -0.15) is 0 Å². The first-order valence-electron chi connectivity index (χ1n) is 16.1. The number of carbonyl (C=O) groups is 2. The third-order valence-electron chi connectivity index (χ3n) is 9.11. The normalized spacial score (nSPS) is 21.8. The second-order valence-corrected chi connectivity index (χ2v) is 12.2. The lowest BCUT2D eigenvalue weighted by Crippen LogP contribution is -2.46. The Morgan fingerprint density at radius 2 is 1.32 bits per heavy atom. The number of amides is 2. The lowest BCUT2D eigenvalue weighted by atomic mass is 9.82. The molecule has 2 aliphatic rings. The van der Waals surface area contributed by atoms with E-state index in [1.54, 1.807) is 0 Å². The van der Waals surface area contributed by atoms with E-state index in [2.05, 4.69) is 39.9 Å². The Labute approximate surface area is 258 Å². The van der Waals surface area contributed by atoms with E-state index < -0.39 is 29.6 Å². The average Bonchev–Trinajstić information content (AvgIpc) is 3.05. The van der Waals surface area contributed by atoms with Crippen molar-refractivity contribution < 1.29 is 14.3 Å². The van der Waals surface area contributed by atoms with Crippen LogP contribution in [0.3, 0.4) is 0 Å². The molecule has 1 heterocycles. The molecule has 44 heavy (non-hydrogen) atoms. The Balaban J connectivity index is 1.22. The molecule has 0 radical (unpaired) electrons. The number of benzene rings is 2. The number of nitrogens with zero attached hydrogens (tertiary/aromatic N) is 1. The number of rotatable bonds is 11. The second-order valence-electron chi connectivity index (χ2n) is 12.2. The number of nitrogens with one attached hydrogen (secondary N) is 3. The van der Waals surface area contributed by atoms with Crippen LogP contribution in [0.15, 0.2) is 70.3 Å². The first kappa shape index (κ1) is 31.3. The number of hydrogen-bond donors (Lipinski definition) is 3. The van der Waals surface area contributed by atoms with Crippen molar-refractivity contribution in [3.8, 4) is 5.75 Å². The van der Waals surface area contributed by atoms with E-state index in [4.69, 9.17) is 4.74 Å². The molecule has 2 fully saturated rings. The molecule has 0 aliphatic heterocycles. The SMILES string of the molecule is CCCCOc1c(C(=O)NC2CCC(c3ccccc3)CC2)[nH]c(=O)n(CC(=O)NC2CCC(c3ccccc3)CC2)c1=O. The largest absolute Gasteiger partial charge is 0.486 e. The van der Waals surface area contributed by atoms with Crippen LogP contribution in [0.1, 0.15) is 105 Å². The Bertz CT molecular complexity index is 1500. The van der Waals surface area contributed by atoms with E-state index in [1.165, 1.54) is 11.1 Å². The fourth-order valence-electron chi connectivity index (χ4n) is 6.58. The number of aromatic amines is 1. The fraction of sp³-hybridized carbons (Fsp3) is 0.486. The van der Waals surface area contributed by atoms with Crippen LogP contribution in [0.25, 0.3) is 0 Å². The molecule has 1 aromatic heterocycles. The van der Waals surface area contributed by atoms with Gasteiger partial charge in [-0.1, -0.05) is 74.0 Å². The Morgan fingerprint density at radius 3 is 1.84 bits per heavy atom. The van der Waals surface area contributed by atoms with Crippen molar-refractivity contribution >= 4 is 11.8 Å². The second kappa shape index (κ2) is 15.0. The summed E-state index contributed by atoms with van der Waals surface area (Å²) in [4.78, 5) is 55.4. The summed E-state index contributed by atoms with van der Waals surface area (Å²) >= 11 is 0. The van der Waals surface area contributed by atoms with Gasteiger partial charge < -0.3 is 15.4 Å². The highest BCUT2D eigenvalue weighted by Gasteiger charge is 2.28. The van der Waals surface area contributed by atoms with E-state index in [1.807, 2.05) is 43.3 Å². The van der Waals surface area contributed by atoms with E-state index in [0.717, 1.165) is 62.4 Å². The van der Waals surface area contributed by atoms with Crippen LogP contribution in [-0.2, 0) is 11.3 Å². The van der Waals surface area contributed by atoms with Crippen molar-refractivity contribution in [2.45, 2.75) is 102 Å². The van der Waals surface area contributed by atoms with Crippen molar-refractivity contribution in [3.63, 3.8) is 0 Å². The molecular formula is C35H44N4O5. The van der Waals surface area contributed by atoms with E-state index >= 15 is 0 Å². The zero-order valence-electron chi connectivity index (χ0n) is 25.6. The van der Waals surface area contributed by atoms with Gasteiger partial charge in [-0.15, -0.1) is 0 Å². The monoisotopic (exact) mass is 600 g/mol. The summed E-state index contributed by atoms with van der Waals surface area (Å²) in [5, 5.41) is 6.01. The Kier molecular flexibility index (Phi) is 10.7. The molecule has 0 atom stereocenters. The van der Waals surface area contributed by atoms with Gasteiger partial charge >= 0.3 is 5.69 Å². The lowest BCUT2D eigenvalue weighted by Gasteiger charge is -2.29. The zero-order valence-corrected chi connectivity index (χ0v) is 25.6. The smallest absolute Gasteiger partial charge is 0.329 e. The topological polar surface area (TPSA) is 122 Å². The number of hydrogen-bond acceptors (Lipinski definition) is 5. The molecule has 9 heteroatoms. The summed E-state index contributed by atoms with van der Waals surface area (Å²) in [6.07, 6.45) is 8.56. The summed E-state index contributed by atoms with van der Waals surface area (Å²) in [5.74, 6) is -0.251. The van der Waals surface area contributed by atoms with Gasteiger partial charge in [0.25, 0.3) is 11.5 Å². The van der Waals surface area contributed by atoms with Crippen LogP contribution in [0.4, 0.5) is 0 Å². The van der Waals surface area contributed by atoms with Crippen LogP contribution >= 0.6 is 0 Å². The maximum Gasteiger partial charge on any atom is 0.329 e. The van der Waals surface area contributed by atoms with Gasteiger partial charge in [-0.05, 0) is 80.8 Å². The number of ether oxygens (including phenoxy) is 1. The van der Waals surface area contributed by atoms with Crippen LogP contribution in [0, 0.1) is 0 Å². The van der Waals surface area contributed by atoms with Crippen molar-refractivity contribution in [2.75, 3.05) is 6.61 Å². The van der Waals surface area contributed by atoms with Gasteiger partial charge in [0.2, 0.25) is 11.7 Å². The molecule has 2 aliphatic carbocycles. The maximum absolute atomic E-state index is 13.5. The Hall–Kier alpha value is -4.14. The van der Waals surface area contributed by atoms with Gasteiger partial charge in [0.15, 0.2) is 5.69 Å². The number of carbonyl (C=O) groups excluding carboxylic acids is 2. The van der Waals surface area contributed by atoms with Gasteiger partial charge in [0.05, 0.1) is 6.61 Å². The lowest BCUT2D eigenvalue weighted by molar-refractivity contribution is -0.122. The first-order valence-corrected chi connectivity index (χ1v) is 16.1. The molecule has 2 saturated carbocycles. The summed E-state index contributed by atoms with van der Waals surface area (Å²) in [6, 6.07) is 20.7. The minimum Gasteiger partial charge on any atom is -0.486 e. The van der Waals surface area contributed by atoms with E-state index in [0.29, 0.717) is 18.3 Å². The highest BCUT2D eigenvalue weighted by atomic mass is 16.5. The van der Waals surface area contributed by atoms with E-state index in [-0.39, 0.29) is 30.1 Å². The molecule has 9 nitrogen and oxygen atoms in total. The van der Waals surface area contributed by atoms with Crippen molar-refractivity contribution in [2.24, 2.45) is 0 Å². The molecule has 3 N–H and O–H groups in total. The molecule has 0 spiro atoms. The van der Waals surface area contributed by atoms with Gasteiger partial charge in [0, 0.05) is 12.1 Å². The summed E-state index contributed by atoms with van der Waals surface area (Å²) in [5.41, 5.74) is 0.859. The first-order chi connectivity index (χ1) is 21.4. The third-order valence-corrected chi connectivity index (χ3v) is 9.11. The quantitative estimate of drug-likeness (QED) is 0.267.